The molecule has 0 unspecified atom stereocenters. The van der Waals surface area contributed by atoms with E-state index in [0.717, 1.165) is 6.54 Å². The van der Waals surface area contributed by atoms with Crippen LogP contribution >= 0.6 is 0 Å². The highest BCUT2D eigenvalue weighted by Crippen LogP contribution is 1.92. The fraction of sp³-hybridized carbons (Fsp3) is 0.833. The molecule has 2 atom stereocenters. The summed E-state index contributed by atoms with van der Waals surface area (Å²) in [5.74, 6) is -0.779. The van der Waals surface area contributed by atoms with Crippen molar-refractivity contribution >= 4 is 5.97 Å². The molecule has 0 aliphatic carbocycles. The highest BCUT2D eigenvalue weighted by atomic mass is 16.4. The zero-order chi connectivity index (χ0) is 7.56. The first-order valence-corrected chi connectivity index (χ1v) is 3.39. The van der Waals surface area contributed by atoms with Crippen LogP contribution in [-0.4, -0.2) is 36.2 Å². The lowest BCUT2D eigenvalue weighted by Crippen LogP contribution is -2.56. The Bertz CT molecular complexity index is 138. The lowest BCUT2D eigenvalue weighted by molar-refractivity contribution is -0.139. The van der Waals surface area contributed by atoms with Crippen LogP contribution in [0.15, 0.2) is 0 Å². The first-order chi connectivity index (χ1) is 4.70. The summed E-state index contributed by atoms with van der Waals surface area (Å²) >= 11 is 0. The molecule has 4 nitrogen and oxygen atoms in total. The molecule has 0 radical (unpaired) electrons. The SMILES string of the molecule is C[C@@H]1CNC[C@H](C(=O)O)N1. The minimum atomic E-state index is -0.779. The maximum atomic E-state index is 10.4. The van der Waals surface area contributed by atoms with E-state index in [0.29, 0.717) is 6.54 Å². The molecular weight excluding hydrogens is 132 g/mol. The Kier molecular flexibility index (Phi) is 2.24. The Hall–Kier alpha value is -0.610. The second-order valence-corrected chi connectivity index (χ2v) is 2.62. The predicted molar refractivity (Wildman–Crippen MR) is 36.9 cm³/mol. The van der Waals surface area contributed by atoms with Crippen molar-refractivity contribution in [3.8, 4) is 0 Å². The summed E-state index contributed by atoms with van der Waals surface area (Å²) in [6, 6.07) is -0.154. The highest BCUT2D eigenvalue weighted by molar-refractivity contribution is 5.73. The summed E-state index contributed by atoms with van der Waals surface area (Å²) in [5, 5.41) is 14.5. The number of hydrogen-bond acceptors (Lipinski definition) is 3. The second kappa shape index (κ2) is 2.98. The molecule has 1 heterocycles. The molecule has 0 amide bonds. The van der Waals surface area contributed by atoms with Crippen LogP contribution in [0.4, 0.5) is 0 Å². The van der Waals surface area contributed by atoms with E-state index in [9.17, 15) is 4.79 Å². The normalized spacial score (nSPS) is 33.7. The predicted octanol–water partition coefficient (Wildman–Crippen LogP) is -0.979. The van der Waals surface area contributed by atoms with Gasteiger partial charge in [-0.25, -0.2) is 0 Å². The van der Waals surface area contributed by atoms with Gasteiger partial charge in [0, 0.05) is 19.1 Å². The van der Waals surface area contributed by atoms with Crippen molar-refractivity contribution in [2.24, 2.45) is 0 Å². The highest BCUT2D eigenvalue weighted by Gasteiger charge is 2.22. The molecule has 1 fully saturated rings. The van der Waals surface area contributed by atoms with Gasteiger partial charge in [0.05, 0.1) is 0 Å². The van der Waals surface area contributed by atoms with Crippen LogP contribution in [0.2, 0.25) is 0 Å². The number of carbonyl (C=O) groups is 1. The van der Waals surface area contributed by atoms with Crippen molar-refractivity contribution in [2.75, 3.05) is 13.1 Å². The van der Waals surface area contributed by atoms with E-state index in [1.807, 2.05) is 6.92 Å². The lowest BCUT2D eigenvalue weighted by atomic mass is 10.2. The van der Waals surface area contributed by atoms with Crippen molar-refractivity contribution in [2.45, 2.75) is 19.0 Å². The van der Waals surface area contributed by atoms with Crippen LogP contribution in [-0.2, 0) is 4.79 Å². The van der Waals surface area contributed by atoms with Crippen molar-refractivity contribution in [1.82, 2.24) is 10.6 Å². The Morgan fingerprint density at radius 2 is 2.30 bits per heavy atom. The maximum absolute atomic E-state index is 10.4. The number of hydrogen-bond donors (Lipinski definition) is 3. The molecule has 10 heavy (non-hydrogen) atoms. The Morgan fingerprint density at radius 3 is 2.70 bits per heavy atom. The molecule has 1 rings (SSSR count). The molecule has 4 heteroatoms. The molecule has 0 saturated carbocycles. The lowest BCUT2D eigenvalue weighted by Gasteiger charge is -2.26. The van der Waals surface area contributed by atoms with Crippen molar-refractivity contribution in [3.05, 3.63) is 0 Å². The second-order valence-electron chi connectivity index (χ2n) is 2.62. The van der Waals surface area contributed by atoms with Crippen molar-refractivity contribution in [1.29, 1.82) is 0 Å². The minimum absolute atomic E-state index is 0.259. The number of rotatable bonds is 1. The van der Waals surface area contributed by atoms with Gasteiger partial charge in [0.2, 0.25) is 0 Å². The van der Waals surface area contributed by atoms with Gasteiger partial charge in [-0.05, 0) is 6.92 Å². The first kappa shape index (κ1) is 7.50. The molecule has 0 aromatic heterocycles. The molecule has 1 aliphatic heterocycles. The van der Waals surface area contributed by atoms with Gasteiger partial charge in [-0.1, -0.05) is 0 Å². The summed E-state index contributed by atoms with van der Waals surface area (Å²) in [6.45, 7) is 3.34. The minimum Gasteiger partial charge on any atom is -0.480 e. The monoisotopic (exact) mass is 144 g/mol. The largest absolute Gasteiger partial charge is 0.480 e. The molecular formula is C6H12N2O2. The number of carboxylic acids is 1. The summed E-state index contributed by atoms with van der Waals surface area (Å²) < 4.78 is 0. The Balaban J connectivity index is 2.39. The Labute approximate surface area is 59.6 Å². The zero-order valence-corrected chi connectivity index (χ0v) is 5.92. The average molecular weight is 144 g/mol. The van der Waals surface area contributed by atoms with Gasteiger partial charge in [-0.3, -0.25) is 10.1 Å². The topological polar surface area (TPSA) is 61.4 Å². The van der Waals surface area contributed by atoms with Gasteiger partial charge >= 0.3 is 5.97 Å². The fourth-order valence-electron chi connectivity index (χ4n) is 1.06. The smallest absolute Gasteiger partial charge is 0.322 e. The van der Waals surface area contributed by atoms with Gasteiger partial charge in [-0.15, -0.1) is 0 Å². The van der Waals surface area contributed by atoms with Crippen LogP contribution in [0.5, 0.6) is 0 Å². The van der Waals surface area contributed by atoms with Crippen LogP contribution in [0.25, 0.3) is 0 Å². The van der Waals surface area contributed by atoms with Crippen LogP contribution < -0.4 is 10.6 Å². The quantitative estimate of drug-likeness (QED) is 0.442. The molecule has 0 bridgehead atoms. The molecule has 3 N–H and O–H groups in total. The summed E-state index contributed by atoms with van der Waals surface area (Å²) in [7, 11) is 0. The molecule has 0 aromatic rings. The molecule has 1 saturated heterocycles. The van der Waals surface area contributed by atoms with Crippen LogP contribution in [0, 0.1) is 0 Å². The average Bonchev–Trinajstić information content (AvgIpc) is 1.88. The standard InChI is InChI=1S/C6H12N2O2/c1-4-2-7-3-5(8-4)6(9)10/h4-5,7-8H,2-3H2,1H3,(H,9,10)/t4-,5-/m1/s1. The molecule has 58 valence electrons. The Morgan fingerprint density at radius 1 is 1.60 bits per heavy atom. The van der Waals surface area contributed by atoms with Crippen LogP contribution in [0.1, 0.15) is 6.92 Å². The van der Waals surface area contributed by atoms with E-state index in [1.165, 1.54) is 0 Å². The van der Waals surface area contributed by atoms with E-state index < -0.39 is 12.0 Å². The van der Waals surface area contributed by atoms with Gasteiger partial charge in [-0.2, -0.15) is 0 Å². The zero-order valence-electron chi connectivity index (χ0n) is 5.92. The fourth-order valence-corrected chi connectivity index (χ4v) is 1.06. The van der Waals surface area contributed by atoms with E-state index >= 15 is 0 Å². The molecule has 0 spiro atoms. The van der Waals surface area contributed by atoms with Gasteiger partial charge in [0.15, 0.2) is 0 Å². The number of carboxylic acid groups (broad SMARTS) is 1. The van der Waals surface area contributed by atoms with E-state index in [4.69, 9.17) is 5.11 Å². The molecule has 1 aliphatic rings. The number of nitrogens with one attached hydrogen (secondary N) is 2. The maximum Gasteiger partial charge on any atom is 0.322 e. The summed E-state index contributed by atoms with van der Waals surface area (Å²) in [6.07, 6.45) is 0. The van der Waals surface area contributed by atoms with Gasteiger partial charge in [0.1, 0.15) is 6.04 Å². The third kappa shape index (κ3) is 1.68. The van der Waals surface area contributed by atoms with Crippen molar-refractivity contribution < 1.29 is 9.90 Å². The summed E-state index contributed by atoms with van der Waals surface area (Å²) in [4.78, 5) is 10.4. The van der Waals surface area contributed by atoms with E-state index in [1.54, 1.807) is 0 Å². The third-order valence-electron chi connectivity index (χ3n) is 1.58. The third-order valence-corrected chi connectivity index (χ3v) is 1.58. The number of piperazine rings is 1. The van der Waals surface area contributed by atoms with Crippen LogP contribution in [0.3, 0.4) is 0 Å². The van der Waals surface area contributed by atoms with E-state index in [2.05, 4.69) is 10.6 Å². The van der Waals surface area contributed by atoms with Gasteiger partial charge in [0.25, 0.3) is 0 Å². The van der Waals surface area contributed by atoms with Gasteiger partial charge < -0.3 is 10.4 Å². The summed E-state index contributed by atoms with van der Waals surface area (Å²) in [5.41, 5.74) is 0. The van der Waals surface area contributed by atoms with Crippen molar-refractivity contribution in [3.63, 3.8) is 0 Å². The molecule has 0 aromatic carbocycles. The first-order valence-electron chi connectivity index (χ1n) is 3.39. The van der Waals surface area contributed by atoms with E-state index in [-0.39, 0.29) is 6.04 Å². The number of aliphatic carboxylic acids is 1.